The van der Waals surface area contributed by atoms with Crippen molar-refractivity contribution < 1.29 is 14.1 Å². The number of carbonyl (C=O) groups excluding carboxylic acids is 2. The summed E-state index contributed by atoms with van der Waals surface area (Å²) < 4.78 is 5.23. The Bertz CT molecular complexity index is 602. The van der Waals surface area contributed by atoms with Gasteiger partial charge in [-0.2, -0.15) is 0 Å². The molecule has 1 aromatic rings. The summed E-state index contributed by atoms with van der Waals surface area (Å²) in [6.45, 7) is 1.80. The zero-order valence-electron chi connectivity index (χ0n) is 13.3. The standard InChI is InChI=1S/C17H23N3O3/c21-16(14-10-15(23-19-14)11-3-4-11)18-13-6-5-12(9-13)17(22)20-7-1-2-8-20/h10-13H,1-9H2,(H,18,21)/t12-,13+/m1/s1. The highest BCUT2D eigenvalue weighted by Gasteiger charge is 2.35. The first-order chi connectivity index (χ1) is 11.2. The normalized spacial score (nSPS) is 27.4. The molecule has 2 amide bonds. The Morgan fingerprint density at radius 3 is 2.70 bits per heavy atom. The second kappa shape index (κ2) is 5.98. The van der Waals surface area contributed by atoms with E-state index in [2.05, 4.69) is 10.5 Å². The maximum absolute atomic E-state index is 12.4. The molecule has 2 heterocycles. The van der Waals surface area contributed by atoms with Crippen LogP contribution in [0.15, 0.2) is 10.6 Å². The monoisotopic (exact) mass is 317 g/mol. The van der Waals surface area contributed by atoms with Crippen molar-refractivity contribution in [2.24, 2.45) is 5.92 Å². The zero-order chi connectivity index (χ0) is 15.8. The molecule has 3 fully saturated rings. The van der Waals surface area contributed by atoms with Gasteiger partial charge in [0.25, 0.3) is 5.91 Å². The van der Waals surface area contributed by atoms with Crippen molar-refractivity contribution in [3.05, 3.63) is 17.5 Å². The van der Waals surface area contributed by atoms with Gasteiger partial charge in [-0.15, -0.1) is 0 Å². The molecule has 6 heteroatoms. The Balaban J connectivity index is 1.30. The molecule has 3 aliphatic rings. The molecule has 0 aromatic carbocycles. The smallest absolute Gasteiger partial charge is 0.273 e. The molecule has 0 bridgehead atoms. The van der Waals surface area contributed by atoms with Gasteiger partial charge in [0.1, 0.15) is 5.76 Å². The first kappa shape index (κ1) is 14.7. The van der Waals surface area contributed by atoms with Crippen molar-refractivity contribution in [2.75, 3.05) is 13.1 Å². The molecule has 1 N–H and O–H groups in total. The largest absolute Gasteiger partial charge is 0.360 e. The Morgan fingerprint density at radius 2 is 1.96 bits per heavy atom. The second-order valence-corrected chi connectivity index (χ2v) is 7.10. The number of nitrogens with one attached hydrogen (secondary N) is 1. The van der Waals surface area contributed by atoms with Gasteiger partial charge in [-0.3, -0.25) is 9.59 Å². The minimum Gasteiger partial charge on any atom is -0.360 e. The fourth-order valence-corrected chi connectivity index (χ4v) is 3.75. The van der Waals surface area contributed by atoms with E-state index in [0.717, 1.165) is 63.8 Å². The van der Waals surface area contributed by atoms with Gasteiger partial charge in [0.05, 0.1) is 0 Å². The van der Waals surface area contributed by atoms with E-state index in [-0.39, 0.29) is 23.8 Å². The molecule has 2 aliphatic carbocycles. The first-order valence-electron chi connectivity index (χ1n) is 8.77. The summed E-state index contributed by atoms with van der Waals surface area (Å²) in [4.78, 5) is 26.7. The van der Waals surface area contributed by atoms with Crippen molar-refractivity contribution in [1.82, 2.24) is 15.4 Å². The van der Waals surface area contributed by atoms with Crippen molar-refractivity contribution >= 4 is 11.8 Å². The van der Waals surface area contributed by atoms with Gasteiger partial charge in [-0.1, -0.05) is 5.16 Å². The van der Waals surface area contributed by atoms with Crippen LogP contribution >= 0.6 is 0 Å². The minimum atomic E-state index is -0.181. The summed E-state index contributed by atoms with van der Waals surface area (Å²) in [6, 6.07) is 1.83. The number of rotatable bonds is 4. The van der Waals surface area contributed by atoms with Gasteiger partial charge in [-0.05, 0) is 44.9 Å². The Kier molecular flexibility index (Phi) is 3.83. The predicted octanol–water partition coefficient (Wildman–Crippen LogP) is 2.07. The molecule has 124 valence electrons. The van der Waals surface area contributed by atoms with E-state index >= 15 is 0 Å². The summed E-state index contributed by atoms with van der Waals surface area (Å²) in [5.74, 6) is 1.44. The van der Waals surface area contributed by atoms with Gasteiger partial charge in [0.15, 0.2) is 5.69 Å². The van der Waals surface area contributed by atoms with Crippen molar-refractivity contribution in [3.63, 3.8) is 0 Å². The van der Waals surface area contributed by atoms with Gasteiger partial charge < -0.3 is 14.7 Å². The van der Waals surface area contributed by atoms with Crippen LogP contribution in [0.25, 0.3) is 0 Å². The van der Waals surface area contributed by atoms with Gasteiger partial charge in [0, 0.05) is 37.0 Å². The molecule has 2 atom stereocenters. The minimum absolute atomic E-state index is 0.0673. The predicted molar refractivity (Wildman–Crippen MR) is 82.9 cm³/mol. The van der Waals surface area contributed by atoms with E-state index in [0.29, 0.717) is 11.6 Å². The van der Waals surface area contributed by atoms with Gasteiger partial charge in [-0.25, -0.2) is 0 Å². The number of hydrogen-bond donors (Lipinski definition) is 1. The SMILES string of the molecule is O=C(N[C@H]1CC[C@@H](C(=O)N2CCCC2)C1)c1cc(C2CC2)on1. The van der Waals surface area contributed by atoms with E-state index < -0.39 is 0 Å². The molecule has 23 heavy (non-hydrogen) atoms. The molecule has 0 spiro atoms. The number of carbonyl (C=O) groups is 2. The highest BCUT2D eigenvalue weighted by atomic mass is 16.5. The lowest BCUT2D eigenvalue weighted by Gasteiger charge is -2.20. The van der Waals surface area contributed by atoms with Crippen LogP contribution in [-0.4, -0.2) is 41.0 Å². The molecule has 2 saturated carbocycles. The Labute approximate surface area is 135 Å². The molecule has 1 saturated heterocycles. The summed E-state index contributed by atoms with van der Waals surface area (Å²) in [6.07, 6.45) is 6.96. The molecule has 1 aliphatic heterocycles. The maximum atomic E-state index is 12.4. The molecular weight excluding hydrogens is 294 g/mol. The molecular formula is C17H23N3O3. The average molecular weight is 317 g/mol. The summed E-state index contributed by atoms with van der Waals surface area (Å²) in [7, 11) is 0. The highest BCUT2D eigenvalue weighted by Crippen LogP contribution is 2.40. The van der Waals surface area contributed by atoms with Crippen molar-refractivity contribution in [2.45, 2.75) is 56.9 Å². The van der Waals surface area contributed by atoms with Crippen LogP contribution in [-0.2, 0) is 4.79 Å². The van der Waals surface area contributed by atoms with E-state index in [1.54, 1.807) is 6.07 Å². The number of nitrogens with zero attached hydrogens (tertiary/aromatic N) is 2. The van der Waals surface area contributed by atoms with Crippen LogP contribution in [0.3, 0.4) is 0 Å². The zero-order valence-corrected chi connectivity index (χ0v) is 13.3. The lowest BCUT2D eigenvalue weighted by Crippen LogP contribution is -2.36. The van der Waals surface area contributed by atoms with Gasteiger partial charge in [0.2, 0.25) is 5.91 Å². The third-order valence-electron chi connectivity index (χ3n) is 5.28. The number of likely N-dealkylation sites (tertiary alicyclic amines) is 1. The van der Waals surface area contributed by atoms with Crippen LogP contribution in [0.2, 0.25) is 0 Å². The van der Waals surface area contributed by atoms with Crippen LogP contribution in [0.1, 0.15) is 67.1 Å². The first-order valence-corrected chi connectivity index (χ1v) is 8.77. The Hall–Kier alpha value is -1.85. The van der Waals surface area contributed by atoms with E-state index in [4.69, 9.17) is 4.52 Å². The fourth-order valence-electron chi connectivity index (χ4n) is 3.75. The maximum Gasteiger partial charge on any atom is 0.273 e. The summed E-state index contributed by atoms with van der Waals surface area (Å²) >= 11 is 0. The lowest BCUT2D eigenvalue weighted by molar-refractivity contribution is -0.134. The summed E-state index contributed by atoms with van der Waals surface area (Å²) in [5, 5.41) is 6.89. The van der Waals surface area contributed by atoms with E-state index in [9.17, 15) is 9.59 Å². The highest BCUT2D eigenvalue weighted by molar-refractivity contribution is 5.92. The summed E-state index contributed by atoms with van der Waals surface area (Å²) in [5.41, 5.74) is 0.362. The quantitative estimate of drug-likeness (QED) is 0.922. The average Bonchev–Trinajstić information content (AvgIpc) is 3.04. The molecule has 0 unspecified atom stereocenters. The second-order valence-electron chi connectivity index (χ2n) is 7.10. The number of amides is 2. The van der Waals surface area contributed by atoms with E-state index in [1.165, 1.54) is 0 Å². The van der Waals surface area contributed by atoms with Crippen LogP contribution in [0, 0.1) is 5.92 Å². The molecule has 1 aromatic heterocycles. The number of hydrogen-bond acceptors (Lipinski definition) is 4. The van der Waals surface area contributed by atoms with E-state index in [1.807, 2.05) is 4.90 Å². The molecule has 4 rings (SSSR count). The van der Waals surface area contributed by atoms with Crippen LogP contribution < -0.4 is 5.32 Å². The fraction of sp³-hybridized carbons (Fsp3) is 0.706. The van der Waals surface area contributed by atoms with Gasteiger partial charge >= 0.3 is 0 Å². The topological polar surface area (TPSA) is 75.4 Å². The Morgan fingerprint density at radius 1 is 1.17 bits per heavy atom. The molecule has 0 radical (unpaired) electrons. The third-order valence-corrected chi connectivity index (χ3v) is 5.28. The van der Waals surface area contributed by atoms with Crippen molar-refractivity contribution in [3.8, 4) is 0 Å². The van der Waals surface area contributed by atoms with Crippen LogP contribution in [0.4, 0.5) is 0 Å². The molecule has 6 nitrogen and oxygen atoms in total. The lowest BCUT2D eigenvalue weighted by atomic mass is 10.1. The van der Waals surface area contributed by atoms with Crippen LogP contribution in [0.5, 0.6) is 0 Å². The third kappa shape index (κ3) is 3.12. The van der Waals surface area contributed by atoms with Crippen molar-refractivity contribution in [1.29, 1.82) is 0 Å². The number of aromatic nitrogens is 1.